The van der Waals surface area contributed by atoms with Crippen molar-refractivity contribution < 1.29 is 14.0 Å². The first-order chi connectivity index (χ1) is 15.1. The van der Waals surface area contributed by atoms with Gasteiger partial charge in [0.05, 0.1) is 12.1 Å². The topological polar surface area (TPSA) is 52.7 Å². The van der Waals surface area contributed by atoms with E-state index in [-0.39, 0.29) is 23.3 Å². The van der Waals surface area contributed by atoms with Crippen molar-refractivity contribution in [3.63, 3.8) is 0 Å². The first-order valence-corrected chi connectivity index (χ1v) is 10.9. The lowest BCUT2D eigenvalue weighted by atomic mass is 9.88. The summed E-state index contributed by atoms with van der Waals surface area (Å²) in [7, 11) is 0. The number of likely N-dealkylation sites (N-methyl/N-ethyl adjacent to an activating group) is 1. The molecule has 3 amide bonds. The van der Waals surface area contributed by atoms with Crippen LogP contribution in [0.2, 0.25) is 5.02 Å². The highest BCUT2D eigenvalue weighted by molar-refractivity contribution is 6.32. The summed E-state index contributed by atoms with van der Waals surface area (Å²) in [5.41, 5.74) is 4.05. The van der Waals surface area contributed by atoms with Crippen molar-refractivity contribution in [2.75, 3.05) is 11.4 Å². The molecular formula is C25H25ClFN3O2. The Kier molecular flexibility index (Phi) is 5.59. The fourth-order valence-electron chi connectivity index (χ4n) is 4.47. The summed E-state index contributed by atoms with van der Waals surface area (Å²) >= 11 is 6.60. The Morgan fingerprint density at radius 2 is 1.91 bits per heavy atom. The highest BCUT2D eigenvalue weighted by Gasteiger charge is 2.35. The van der Waals surface area contributed by atoms with E-state index in [0.29, 0.717) is 10.6 Å². The zero-order valence-corrected chi connectivity index (χ0v) is 19.3. The van der Waals surface area contributed by atoms with E-state index in [2.05, 4.69) is 44.0 Å². The Bertz CT molecular complexity index is 1190. The van der Waals surface area contributed by atoms with Gasteiger partial charge in [0.15, 0.2) is 0 Å². The van der Waals surface area contributed by atoms with E-state index in [1.807, 2.05) is 12.1 Å². The highest BCUT2D eigenvalue weighted by atomic mass is 35.5. The molecular weight excluding hydrogens is 429 g/mol. The third kappa shape index (κ3) is 3.79. The van der Waals surface area contributed by atoms with Crippen molar-refractivity contribution in [3.05, 3.63) is 75.7 Å². The fraction of sp³-hybridized carbons (Fsp3) is 0.280. The number of amides is 3. The average Bonchev–Trinajstić information content (AvgIpc) is 2.98. The van der Waals surface area contributed by atoms with Gasteiger partial charge in [-0.05, 0) is 63.1 Å². The predicted octanol–water partition coefficient (Wildman–Crippen LogP) is 5.59. The maximum atomic E-state index is 14.0. The number of hydrogen-bond acceptors (Lipinski definition) is 3. The normalized spacial score (nSPS) is 18.7. The third-order valence-electron chi connectivity index (χ3n) is 5.96. The second-order valence-electron chi connectivity index (χ2n) is 8.59. The molecule has 0 spiro atoms. The van der Waals surface area contributed by atoms with Crippen LogP contribution >= 0.6 is 11.6 Å². The van der Waals surface area contributed by atoms with Crippen molar-refractivity contribution in [3.8, 4) is 0 Å². The molecule has 32 heavy (non-hydrogen) atoms. The number of imide groups is 1. The maximum Gasteiger partial charge on any atom is 0.329 e. The quantitative estimate of drug-likeness (QED) is 0.484. The number of halogens is 2. The van der Waals surface area contributed by atoms with Gasteiger partial charge in [-0.3, -0.25) is 9.69 Å². The van der Waals surface area contributed by atoms with Gasteiger partial charge in [0.25, 0.3) is 5.91 Å². The Morgan fingerprint density at radius 1 is 1.19 bits per heavy atom. The number of urea groups is 1. The van der Waals surface area contributed by atoms with Crippen LogP contribution < -0.4 is 10.2 Å². The molecule has 4 rings (SSSR count). The molecule has 1 saturated heterocycles. The summed E-state index contributed by atoms with van der Waals surface area (Å²) in [6.45, 7) is 9.14. The molecule has 0 saturated carbocycles. The molecule has 2 aromatic rings. The lowest BCUT2D eigenvalue weighted by molar-refractivity contribution is -0.123. The monoisotopic (exact) mass is 453 g/mol. The molecule has 0 radical (unpaired) electrons. The molecule has 1 N–H and O–H groups in total. The first kappa shape index (κ1) is 22.1. The van der Waals surface area contributed by atoms with Crippen LogP contribution in [0.1, 0.15) is 44.4 Å². The molecule has 0 bridgehead atoms. The van der Waals surface area contributed by atoms with Gasteiger partial charge in [0, 0.05) is 28.4 Å². The fourth-order valence-corrected chi connectivity index (χ4v) is 4.68. The van der Waals surface area contributed by atoms with Gasteiger partial charge in [-0.2, -0.15) is 0 Å². The van der Waals surface area contributed by atoms with Crippen molar-refractivity contribution in [2.24, 2.45) is 0 Å². The van der Waals surface area contributed by atoms with Gasteiger partial charge >= 0.3 is 6.03 Å². The molecule has 0 aromatic heterocycles. The van der Waals surface area contributed by atoms with E-state index in [0.717, 1.165) is 28.3 Å². The van der Waals surface area contributed by atoms with Gasteiger partial charge in [-0.15, -0.1) is 0 Å². The Labute approximate surface area is 192 Å². The third-order valence-corrected chi connectivity index (χ3v) is 6.29. The molecule has 2 aromatic carbocycles. The van der Waals surface area contributed by atoms with Gasteiger partial charge in [-0.1, -0.05) is 35.9 Å². The molecule has 2 aliphatic heterocycles. The van der Waals surface area contributed by atoms with E-state index in [1.165, 1.54) is 6.07 Å². The minimum Gasteiger partial charge on any atom is -0.363 e. The van der Waals surface area contributed by atoms with Crippen molar-refractivity contribution in [1.29, 1.82) is 0 Å². The largest absolute Gasteiger partial charge is 0.363 e. The number of allylic oxidation sites excluding steroid dienone is 1. The minimum absolute atomic E-state index is 0.110. The number of rotatable bonds is 4. The SMILES string of the molecule is CCN1c2cc(Cl)c(/C=C3/NC(=O)N(Cc4ccccc4F)C3=O)cc2C(C)=CC1(C)C. The van der Waals surface area contributed by atoms with Crippen LogP contribution in [-0.2, 0) is 11.3 Å². The predicted molar refractivity (Wildman–Crippen MR) is 126 cm³/mol. The molecule has 0 atom stereocenters. The lowest BCUT2D eigenvalue weighted by Crippen LogP contribution is -2.44. The van der Waals surface area contributed by atoms with Crippen LogP contribution in [0.15, 0.2) is 48.2 Å². The van der Waals surface area contributed by atoms with Crippen molar-refractivity contribution >= 4 is 40.9 Å². The maximum absolute atomic E-state index is 14.0. The highest BCUT2D eigenvalue weighted by Crippen LogP contribution is 2.41. The summed E-state index contributed by atoms with van der Waals surface area (Å²) in [5, 5.41) is 3.07. The van der Waals surface area contributed by atoms with Crippen LogP contribution in [0.4, 0.5) is 14.9 Å². The number of carbonyl (C=O) groups is 2. The van der Waals surface area contributed by atoms with Gasteiger partial charge in [0.1, 0.15) is 11.5 Å². The number of anilines is 1. The van der Waals surface area contributed by atoms with E-state index >= 15 is 0 Å². The molecule has 5 nitrogen and oxygen atoms in total. The second kappa shape index (κ2) is 8.10. The Balaban J connectivity index is 1.68. The van der Waals surface area contributed by atoms with E-state index in [1.54, 1.807) is 24.3 Å². The van der Waals surface area contributed by atoms with Crippen LogP contribution in [0.25, 0.3) is 11.6 Å². The summed E-state index contributed by atoms with van der Waals surface area (Å²) in [4.78, 5) is 28.5. The van der Waals surface area contributed by atoms with Crippen LogP contribution in [-0.4, -0.2) is 28.9 Å². The number of nitrogens with zero attached hydrogens (tertiary/aromatic N) is 2. The standard InChI is InChI=1S/C25H25ClFN3O2/c1-5-30-22-12-19(26)17(10-18(22)15(2)13-25(30,3)4)11-21-23(31)29(24(32)28-21)14-16-8-6-7-9-20(16)27/h6-13H,5,14H2,1-4H3,(H,28,32)/b21-11+. The van der Waals surface area contributed by atoms with E-state index < -0.39 is 17.8 Å². The number of carbonyl (C=O) groups excluding carboxylic acids is 2. The number of nitrogens with one attached hydrogen (secondary N) is 1. The van der Waals surface area contributed by atoms with Crippen LogP contribution in [0.5, 0.6) is 0 Å². The summed E-state index contributed by atoms with van der Waals surface area (Å²) in [6.07, 6.45) is 3.79. The second-order valence-corrected chi connectivity index (χ2v) is 8.99. The summed E-state index contributed by atoms with van der Waals surface area (Å²) in [5.74, 6) is -0.982. The van der Waals surface area contributed by atoms with E-state index in [4.69, 9.17) is 11.6 Å². The Hall–Kier alpha value is -3.12. The van der Waals surface area contributed by atoms with Crippen LogP contribution in [0, 0.1) is 5.82 Å². The first-order valence-electron chi connectivity index (χ1n) is 10.5. The van der Waals surface area contributed by atoms with E-state index in [9.17, 15) is 14.0 Å². The van der Waals surface area contributed by atoms with Crippen molar-refractivity contribution in [2.45, 2.75) is 39.8 Å². The smallest absolute Gasteiger partial charge is 0.329 e. The molecule has 0 aliphatic carbocycles. The average molecular weight is 454 g/mol. The number of hydrogen-bond donors (Lipinski definition) is 1. The zero-order valence-electron chi connectivity index (χ0n) is 18.5. The minimum atomic E-state index is -0.589. The molecule has 166 valence electrons. The number of benzene rings is 2. The number of fused-ring (bicyclic) bond motifs is 1. The lowest BCUT2D eigenvalue weighted by Gasteiger charge is -2.43. The van der Waals surface area contributed by atoms with Gasteiger partial charge < -0.3 is 10.2 Å². The zero-order chi connectivity index (χ0) is 23.2. The van der Waals surface area contributed by atoms with Gasteiger partial charge in [0.2, 0.25) is 0 Å². The van der Waals surface area contributed by atoms with Gasteiger partial charge in [-0.25, -0.2) is 9.18 Å². The van der Waals surface area contributed by atoms with Crippen LogP contribution in [0.3, 0.4) is 0 Å². The van der Waals surface area contributed by atoms with Crippen molar-refractivity contribution in [1.82, 2.24) is 10.2 Å². The molecule has 2 aliphatic rings. The summed E-state index contributed by atoms with van der Waals surface area (Å²) < 4.78 is 14.0. The summed E-state index contributed by atoms with van der Waals surface area (Å²) in [6, 6.07) is 9.33. The molecule has 7 heteroatoms. The Morgan fingerprint density at radius 3 is 2.59 bits per heavy atom. The molecule has 0 unspecified atom stereocenters. The molecule has 1 fully saturated rings. The molecule has 2 heterocycles.